The Balaban J connectivity index is 1.56. The second-order valence-electron chi connectivity index (χ2n) is 7.69. The molecule has 0 radical (unpaired) electrons. The summed E-state index contributed by atoms with van der Waals surface area (Å²) in [7, 11) is 2.82. The van der Waals surface area contributed by atoms with Crippen LogP contribution in [0.2, 0.25) is 0 Å². The van der Waals surface area contributed by atoms with Crippen molar-refractivity contribution in [2.75, 3.05) is 32.7 Å². The third-order valence-corrected chi connectivity index (χ3v) is 5.91. The van der Waals surface area contributed by atoms with Crippen LogP contribution in [0.25, 0.3) is 0 Å². The predicted molar refractivity (Wildman–Crippen MR) is 130 cm³/mol. The number of hydrogen-bond acceptors (Lipinski definition) is 7. The molecule has 3 rings (SSSR count). The van der Waals surface area contributed by atoms with Gasteiger partial charge in [-0.1, -0.05) is 28.9 Å². The fourth-order valence-electron chi connectivity index (χ4n) is 3.64. The summed E-state index contributed by atoms with van der Waals surface area (Å²) in [5, 5.41) is 3.77. The van der Waals surface area contributed by atoms with Crippen LogP contribution in [0.3, 0.4) is 0 Å². The Labute approximate surface area is 211 Å². The van der Waals surface area contributed by atoms with Gasteiger partial charge >= 0.3 is 5.97 Å². The zero-order chi connectivity index (χ0) is 25.5. The minimum absolute atomic E-state index is 0.0881. The van der Waals surface area contributed by atoms with Gasteiger partial charge in [0.05, 0.1) is 26.7 Å². The molecule has 35 heavy (non-hydrogen) atoms. The highest BCUT2D eigenvalue weighted by atomic mass is 79.9. The van der Waals surface area contributed by atoms with Gasteiger partial charge in [0, 0.05) is 16.6 Å². The highest BCUT2D eigenvalue weighted by Crippen LogP contribution is 2.28. The number of nitrogens with one attached hydrogen (secondary N) is 2. The number of benzene rings is 2. The lowest BCUT2D eigenvalue weighted by Gasteiger charge is -2.19. The molecule has 0 bridgehead atoms. The third-order valence-electron chi connectivity index (χ3n) is 5.42. The van der Waals surface area contributed by atoms with E-state index in [0.717, 1.165) is 15.0 Å². The smallest absolute Gasteiger partial charge is 0.311 e. The number of hydrazine groups is 1. The monoisotopic (exact) mass is 547 g/mol. The van der Waals surface area contributed by atoms with Crippen LogP contribution in [0.1, 0.15) is 29.3 Å². The van der Waals surface area contributed by atoms with Gasteiger partial charge in [-0.05, 0) is 42.3 Å². The lowest BCUT2D eigenvalue weighted by Crippen LogP contribution is -2.43. The minimum Gasteiger partial charge on any atom is -0.496 e. The Hall–Kier alpha value is -3.60. The third kappa shape index (κ3) is 6.30. The molecule has 1 atom stereocenters. The zero-order valence-corrected chi connectivity index (χ0v) is 21.1. The van der Waals surface area contributed by atoms with Crippen molar-refractivity contribution in [3.63, 3.8) is 0 Å². The Morgan fingerprint density at radius 2 is 1.80 bits per heavy atom. The highest BCUT2D eigenvalue weighted by Gasteiger charge is 2.37. The van der Waals surface area contributed by atoms with Crippen molar-refractivity contribution >= 4 is 45.3 Å². The second-order valence-corrected chi connectivity index (χ2v) is 8.61. The Kier molecular flexibility index (Phi) is 8.69. The molecule has 10 nitrogen and oxygen atoms in total. The quantitative estimate of drug-likeness (QED) is 0.462. The van der Waals surface area contributed by atoms with Crippen molar-refractivity contribution < 1.29 is 33.4 Å². The van der Waals surface area contributed by atoms with E-state index in [2.05, 4.69) is 26.7 Å². The molecule has 1 aliphatic heterocycles. The molecule has 0 unspecified atom stereocenters. The molecule has 0 saturated carbocycles. The zero-order valence-electron chi connectivity index (χ0n) is 19.6. The van der Waals surface area contributed by atoms with Crippen LogP contribution in [0.5, 0.6) is 11.5 Å². The van der Waals surface area contributed by atoms with E-state index in [1.807, 2.05) is 13.0 Å². The van der Waals surface area contributed by atoms with Gasteiger partial charge in [-0.2, -0.15) is 0 Å². The average molecular weight is 548 g/mol. The minimum atomic E-state index is -0.825. The van der Waals surface area contributed by atoms with E-state index in [9.17, 15) is 19.2 Å². The van der Waals surface area contributed by atoms with E-state index in [4.69, 9.17) is 14.2 Å². The summed E-state index contributed by atoms with van der Waals surface area (Å²) < 4.78 is 16.5. The number of methoxy groups -OCH3 is 2. The van der Waals surface area contributed by atoms with E-state index in [-0.39, 0.29) is 30.0 Å². The standard InChI is InChI=1S/C24H26BrN3O7/c1-4-14-10-16(25)8-9-17(14)26-20(29)13-35-24(32)15-11-21(30)28(12-15)27-23(31)22-18(33-2)6-5-7-19(22)34-3/h5-10,15H,4,11-13H2,1-3H3,(H,26,29)(H,27,31)/t15-/m1/s1. The number of aryl methyl sites for hydroxylation is 1. The summed E-state index contributed by atoms with van der Waals surface area (Å²) in [5.41, 5.74) is 4.17. The van der Waals surface area contributed by atoms with Gasteiger partial charge in [0.25, 0.3) is 11.8 Å². The Morgan fingerprint density at radius 3 is 2.43 bits per heavy atom. The van der Waals surface area contributed by atoms with E-state index in [1.54, 1.807) is 30.3 Å². The van der Waals surface area contributed by atoms with Crippen molar-refractivity contribution in [1.29, 1.82) is 0 Å². The molecule has 0 aromatic heterocycles. The Bertz CT molecular complexity index is 1120. The topological polar surface area (TPSA) is 123 Å². The fraction of sp³-hybridized carbons (Fsp3) is 0.333. The molecule has 1 fully saturated rings. The summed E-state index contributed by atoms with van der Waals surface area (Å²) in [5.74, 6) is -2.56. The van der Waals surface area contributed by atoms with Crippen molar-refractivity contribution in [3.05, 3.63) is 52.0 Å². The first-order valence-electron chi connectivity index (χ1n) is 10.8. The first-order valence-corrected chi connectivity index (χ1v) is 11.6. The fourth-order valence-corrected chi connectivity index (χ4v) is 4.05. The number of esters is 1. The molecule has 0 aliphatic carbocycles. The van der Waals surface area contributed by atoms with Gasteiger partial charge < -0.3 is 19.5 Å². The van der Waals surface area contributed by atoms with E-state index >= 15 is 0 Å². The van der Waals surface area contributed by atoms with Crippen LogP contribution >= 0.6 is 15.9 Å². The summed E-state index contributed by atoms with van der Waals surface area (Å²) in [6.45, 7) is 1.38. The number of amides is 3. The summed E-state index contributed by atoms with van der Waals surface area (Å²) in [6.07, 6.45) is 0.553. The van der Waals surface area contributed by atoms with Crippen molar-refractivity contribution in [3.8, 4) is 11.5 Å². The van der Waals surface area contributed by atoms with Gasteiger partial charge in [0.2, 0.25) is 5.91 Å². The summed E-state index contributed by atoms with van der Waals surface area (Å²) in [6, 6.07) is 10.3. The SMILES string of the molecule is CCc1cc(Br)ccc1NC(=O)COC(=O)[C@@H]1CC(=O)N(NC(=O)c2c(OC)cccc2OC)C1. The molecule has 1 heterocycles. The van der Waals surface area contributed by atoms with Gasteiger partial charge in [0.1, 0.15) is 17.1 Å². The van der Waals surface area contributed by atoms with Gasteiger partial charge in [-0.25, -0.2) is 0 Å². The number of carbonyl (C=O) groups excluding carboxylic acids is 4. The molecule has 186 valence electrons. The molecule has 0 spiro atoms. The maximum Gasteiger partial charge on any atom is 0.311 e. The molecule has 3 amide bonds. The van der Waals surface area contributed by atoms with Crippen molar-refractivity contribution in [1.82, 2.24) is 10.4 Å². The van der Waals surface area contributed by atoms with E-state index in [1.165, 1.54) is 14.2 Å². The van der Waals surface area contributed by atoms with Crippen LogP contribution < -0.4 is 20.2 Å². The number of hydrogen-bond donors (Lipinski definition) is 2. The first kappa shape index (κ1) is 26.0. The largest absolute Gasteiger partial charge is 0.496 e. The highest BCUT2D eigenvalue weighted by molar-refractivity contribution is 9.10. The maximum atomic E-state index is 12.8. The van der Waals surface area contributed by atoms with Crippen LogP contribution in [-0.2, 0) is 25.5 Å². The number of nitrogens with zero attached hydrogens (tertiary/aromatic N) is 1. The van der Waals surface area contributed by atoms with Crippen LogP contribution in [-0.4, -0.2) is 56.1 Å². The van der Waals surface area contributed by atoms with Crippen molar-refractivity contribution in [2.24, 2.45) is 5.92 Å². The number of rotatable bonds is 9. The summed E-state index contributed by atoms with van der Waals surface area (Å²) >= 11 is 3.39. The van der Waals surface area contributed by atoms with Crippen LogP contribution in [0.15, 0.2) is 40.9 Å². The van der Waals surface area contributed by atoms with Gasteiger partial charge in [-0.15, -0.1) is 0 Å². The molecule has 2 N–H and O–H groups in total. The molecule has 1 saturated heterocycles. The summed E-state index contributed by atoms with van der Waals surface area (Å²) in [4.78, 5) is 50.0. The number of carbonyl (C=O) groups is 4. The lowest BCUT2D eigenvalue weighted by atomic mass is 10.1. The number of ether oxygens (including phenoxy) is 3. The first-order chi connectivity index (χ1) is 16.8. The normalized spacial score (nSPS) is 14.9. The molecular weight excluding hydrogens is 522 g/mol. The average Bonchev–Trinajstić information content (AvgIpc) is 3.22. The molecular formula is C24H26BrN3O7. The predicted octanol–water partition coefficient (Wildman–Crippen LogP) is 2.70. The van der Waals surface area contributed by atoms with Crippen LogP contribution in [0.4, 0.5) is 5.69 Å². The number of anilines is 1. The van der Waals surface area contributed by atoms with Crippen LogP contribution in [0, 0.1) is 5.92 Å². The molecule has 2 aromatic rings. The van der Waals surface area contributed by atoms with Gasteiger partial charge in [0.15, 0.2) is 6.61 Å². The van der Waals surface area contributed by atoms with E-state index < -0.39 is 36.2 Å². The maximum absolute atomic E-state index is 12.8. The molecule has 1 aliphatic rings. The molecule has 2 aromatic carbocycles. The van der Waals surface area contributed by atoms with Crippen molar-refractivity contribution in [2.45, 2.75) is 19.8 Å². The Morgan fingerprint density at radius 1 is 1.11 bits per heavy atom. The number of halogens is 1. The molecule has 11 heteroatoms. The van der Waals surface area contributed by atoms with E-state index in [0.29, 0.717) is 12.1 Å². The second kappa shape index (κ2) is 11.7. The van der Waals surface area contributed by atoms with Gasteiger partial charge in [-0.3, -0.25) is 29.6 Å². The lowest BCUT2D eigenvalue weighted by molar-refractivity contribution is -0.151.